The van der Waals surface area contributed by atoms with Gasteiger partial charge in [0.25, 0.3) is 0 Å². The molecule has 0 radical (unpaired) electrons. The van der Waals surface area contributed by atoms with Crippen LogP contribution in [0.5, 0.6) is 0 Å². The van der Waals surface area contributed by atoms with E-state index in [1.165, 1.54) is 24.3 Å². The molecule has 0 bridgehead atoms. The molecule has 6 nitrogen and oxygen atoms in total. The fraction of sp³-hybridized carbons (Fsp3) is 0.125. The quantitative estimate of drug-likeness (QED) is 0.686. The van der Waals surface area contributed by atoms with Crippen LogP contribution in [0.2, 0.25) is 10.0 Å². The maximum atomic E-state index is 12.2. The first-order chi connectivity index (χ1) is 12.0. The first-order valence-corrected chi connectivity index (χ1v) is 9.52. The summed E-state index contributed by atoms with van der Waals surface area (Å²) in [6.45, 7) is 0.120. The van der Waals surface area contributed by atoms with Crippen LogP contribution in [0, 0.1) is 0 Å². The summed E-state index contributed by atoms with van der Waals surface area (Å²) in [5, 5.41) is 4.85. The summed E-state index contributed by atoms with van der Waals surface area (Å²) in [5.74, 6) is 0.676. The van der Waals surface area contributed by atoms with Crippen LogP contribution in [0.25, 0.3) is 11.4 Å². The van der Waals surface area contributed by atoms with Crippen molar-refractivity contribution in [1.82, 2.24) is 14.9 Å². The van der Waals surface area contributed by atoms with Crippen molar-refractivity contribution in [1.29, 1.82) is 0 Å². The van der Waals surface area contributed by atoms with Gasteiger partial charge < -0.3 is 4.52 Å². The van der Waals surface area contributed by atoms with Crippen LogP contribution in [0.4, 0.5) is 0 Å². The minimum atomic E-state index is -3.62. The van der Waals surface area contributed by atoms with Crippen molar-refractivity contribution in [2.24, 2.45) is 0 Å². The highest BCUT2D eigenvalue weighted by atomic mass is 35.5. The lowest BCUT2D eigenvalue weighted by atomic mass is 10.2. The van der Waals surface area contributed by atoms with Crippen molar-refractivity contribution >= 4 is 33.2 Å². The minimum Gasteiger partial charge on any atom is -0.339 e. The van der Waals surface area contributed by atoms with E-state index in [0.717, 1.165) is 0 Å². The number of halogens is 2. The van der Waals surface area contributed by atoms with Gasteiger partial charge in [0.05, 0.1) is 9.92 Å². The Bertz CT molecular complexity index is 972. The average molecular weight is 398 g/mol. The molecule has 3 aromatic rings. The second kappa shape index (κ2) is 7.53. The zero-order valence-electron chi connectivity index (χ0n) is 12.8. The summed E-state index contributed by atoms with van der Waals surface area (Å²) in [6.07, 6.45) is 0.254. The van der Waals surface area contributed by atoms with E-state index in [1.54, 1.807) is 18.2 Å². The lowest BCUT2D eigenvalue weighted by Crippen LogP contribution is -2.26. The zero-order valence-corrected chi connectivity index (χ0v) is 15.1. The van der Waals surface area contributed by atoms with Crippen molar-refractivity contribution in [3.8, 4) is 11.4 Å². The Morgan fingerprint density at radius 3 is 2.48 bits per heavy atom. The van der Waals surface area contributed by atoms with E-state index in [4.69, 9.17) is 27.7 Å². The Morgan fingerprint density at radius 2 is 1.76 bits per heavy atom. The van der Waals surface area contributed by atoms with E-state index in [-0.39, 0.29) is 17.9 Å². The molecule has 0 amide bonds. The number of nitrogens with one attached hydrogen (secondary N) is 1. The molecule has 25 heavy (non-hydrogen) atoms. The van der Waals surface area contributed by atoms with Crippen molar-refractivity contribution < 1.29 is 12.9 Å². The number of rotatable bonds is 6. The van der Waals surface area contributed by atoms with E-state index in [2.05, 4.69) is 14.9 Å². The highest BCUT2D eigenvalue weighted by Crippen LogP contribution is 2.24. The molecule has 0 saturated carbocycles. The van der Waals surface area contributed by atoms with Gasteiger partial charge in [-0.2, -0.15) is 4.98 Å². The van der Waals surface area contributed by atoms with Gasteiger partial charge in [-0.25, -0.2) is 13.1 Å². The molecule has 0 aliphatic carbocycles. The Labute approximate surface area is 154 Å². The molecule has 0 fully saturated rings. The Kier molecular flexibility index (Phi) is 5.39. The molecule has 0 spiro atoms. The molecular weight excluding hydrogens is 385 g/mol. The molecule has 1 N–H and O–H groups in total. The van der Waals surface area contributed by atoms with Crippen LogP contribution in [-0.4, -0.2) is 25.1 Å². The molecule has 0 saturated heterocycles. The fourth-order valence-electron chi connectivity index (χ4n) is 2.10. The molecule has 130 valence electrons. The third-order valence-electron chi connectivity index (χ3n) is 3.34. The zero-order chi connectivity index (χ0) is 17.9. The summed E-state index contributed by atoms with van der Waals surface area (Å²) in [7, 11) is -3.62. The highest BCUT2D eigenvalue weighted by Gasteiger charge is 2.15. The van der Waals surface area contributed by atoms with Gasteiger partial charge in [-0.05, 0) is 36.4 Å². The van der Waals surface area contributed by atoms with Gasteiger partial charge in [0.15, 0.2) is 0 Å². The van der Waals surface area contributed by atoms with Crippen LogP contribution in [0.3, 0.4) is 0 Å². The second-order valence-electron chi connectivity index (χ2n) is 5.09. The fourth-order valence-corrected chi connectivity index (χ4v) is 3.48. The molecule has 0 unspecified atom stereocenters. The molecular formula is C16H13Cl2N3O3S. The highest BCUT2D eigenvalue weighted by molar-refractivity contribution is 7.89. The predicted molar refractivity (Wildman–Crippen MR) is 95.1 cm³/mol. The van der Waals surface area contributed by atoms with Gasteiger partial charge in [-0.1, -0.05) is 40.5 Å². The number of sulfonamides is 1. The topological polar surface area (TPSA) is 85.1 Å². The summed E-state index contributed by atoms with van der Waals surface area (Å²) in [4.78, 5) is 4.37. The monoisotopic (exact) mass is 397 g/mol. The van der Waals surface area contributed by atoms with E-state index in [1.807, 2.05) is 6.07 Å². The lowest BCUT2D eigenvalue weighted by Gasteiger charge is -2.05. The molecule has 9 heteroatoms. The minimum absolute atomic E-state index is 0.120. The number of nitrogens with zero attached hydrogens (tertiary/aromatic N) is 2. The largest absolute Gasteiger partial charge is 0.339 e. The number of hydrogen-bond acceptors (Lipinski definition) is 5. The van der Waals surface area contributed by atoms with E-state index >= 15 is 0 Å². The lowest BCUT2D eigenvalue weighted by molar-refractivity contribution is 0.379. The van der Waals surface area contributed by atoms with Gasteiger partial charge in [-0.15, -0.1) is 0 Å². The van der Waals surface area contributed by atoms with Crippen LogP contribution >= 0.6 is 23.2 Å². The maximum absolute atomic E-state index is 12.2. The third kappa shape index (κ3) is 4.38. The maximum Gasteiger partial charge on any atom is 0.240 e. The van der Waals surface area contributed by atoms with Crippen LogP contribution < -0.4 is 4.72 Å². The van der Waals surface area contributed by atoms with Crippen LogP contribution in [0.1, 0.15) is 5.89 Å². The molecule has 3 rings (SSSR count). The SMILES string of the molecule is O=S(=O)(NCCc1nc(-c2ccccc2Cl)no1)c1ccc(Cl)cc1. The molecule has 2 aromatic carbocycles. The van der Waals surface area contributed by atoms with Crippen molar-refractivity contribution in [2.45, 2.75) is 11.3 Å². The van der Waals surface area contributed by atoms with E-state index in [9.17, 15) is 8.42 Å². The third-order valence-corrected chi connectivity index (χ3v) is 5.40. The van der Waals surface area contributed by atoms with Crippen LogP contribution in [0.15, 0.2) is 57.9 Å². The number of aromatic nitrogens is 2. The second-order valence-corrected chi connectivity index (χ2v) is 7.70. The molecule has 1 aromatic heterocycles. The molecule has 0 atom stereocenters. The van der Waals surface area contributed by atoms with Gasteiger partial charge in [0.1, 0.15) is 0 Å². The summed E-state index contributed by atoms with van der Waals surface area (Å²) in [5.41, 5.74) is 0.654. The summed E-state index contributed by atoms with van der Waals surface area (Å²) in [6, 6.07) is 13.0. The normalized spacial score (nSPS) is 11.6. The van der Waals surface area contributed by atoms with Crippen molar-refractivity contribution in [3.63, 3.8) is 0 Å². The van der Waals surface area contributed by atoms with Gasteiger partial charge in [0.2, 0.25) is 21.7 Å². The summed E-state index contributed by atoms with van der Waals surface area (Å²) < 4.78 is 32.0. The predicted octanol–water partition coefficient (Wildman–Crippen LogP) is 3.56. The van der Waals surface area contributed by atoms with Crippen molar-refractivity contribution in [3.05, 3.63) is 64.5 Å². The first kappa shape index (κ1) is 17.9. The molecule has 1 heterocycles. The smallest absolute Gasteiger partial charge is 0.240 e. The van der Waals surface area contributed by atoms with E-state index in [0.29, 0.717) is 27.3 Å². The molecule has 0 aliphatic heterocycles. The summed E-state index contributed by atoms with van der Waals surface area (Å²) >= 11 is 11.8. The van der Waals surface area contributed by atoms with Gasteiger partial charge in [0, 0.05) is 23.6 Å². The van der Waals surface area contributed by atoms with Gasteiger partial charge in [-0.3, -0.25) is 0 Å². The van der Waals surface area contributed by atoms with Crippen LogP contribution in [-0.2, 0) is 16.4 Å². The first-order valence-electron chi connectivity index (χ1n) is 7.28. The molecule has 0 aliphatic rings. The van der Waals surface area contributed by atoms with Crippen molar-refractivity contribution in [2.75, 3.05) is 6.54 Å². The number of benzene rings is 2. The standard InChI is InChI=1S/C16H13Cl2N3O3S/c17-11-5-7-12(8-6-11)25(22,23)19-10-9-15-20-16(21-24-15)13-3-1-2-4-14(13)18/h1-8,19H,9-10H2. The Balaban J connectivity index is 1.63. The Hall–Kier alpha value is -1.93. The van der Waals surface area contributed by atoms with Gasteiger partial charge >= 0.3 is 0 Å². The van der Waals surface area contributed by atoms with E-state index < -0.39 is 10.0 Å². The Morgan fingerprint density at radius 1 is 1.04 bits per heavy atom. The average Bonchev–Trinajstić information content (AvgIpc) is 3.04. The number of hydrogen-bond donors (Lipinski definition) is 1.